The second kappa shape index (κ2) is 4.87. The lowest BCUT2D eigenvalue weighted by Gasteiger charge is -2.26. The molecule has 1 aliphatic heterocycles. The normalized spacial score (nSPS) is 15.4. The zero-order valence-electron chi connectivity index (χ0n) is 9.55. The molecule has 1 aromatic carbocycles. The van der Waals surface area contributed by atoms with Gasteiger partial charge in [0.15, 0.2) is 0 Å². The molecular formula is C12H12N2O4. The fourth-order valence-corrected chi connectivity index (χ4v) is 1.80. The van der Waals surface area contributed by atoms with Gasteiger partial charge < -0.3 is 15.3 Å². The number of amides is 2. The molecule has 0 aromatic heterocycles. The van der Waals surface area contributed by atoms with Crippen LogP contribution in [0.15, 0.2) is 24.3 Å². The van der Waals surface area contributed by atoms with E-state index in [0.717, 1.165) is 0 Å². The number of piperazine rings is 1. The van der Waals surface area contributed by atoms with E-state index >= 15 is 0 Å². The first-order chi connectivity index (χ1) is 8.56. The molecule has 1 heterocycles. The van der Waals surface area contributed by atoms with E-state index in [4.69, 9.17) is 5.11 Å². The Bertz CT molecular complexity index is 513. The zero-order valence-corrected chi connectivity index (χ0v) is 9.55. The van der Waals surface area contributed by atoms with Crippen molar-refractivity contribution in [3.05, 3.63) is 29.8 Å². The summed E-state index contributed by atoms with van der Waals surface area (Å²) in [5.41, 5.74) is 1.15. The lowest BCUT2D eigenvalue weighted by Crippen LogP contribution is -2.51. The van der Waals surface area contributed by atoms with Gasteiger partial charge in [-0.15, -0.1) is 0 Å². The number of carbonyl (C=O) groups is 3. The van der Waals surface area contributed by atoms with Crippen molar-refractivity contribution in [2.45, 2.75) is 6.42 Å². The highest BCUT2D eigenvalue weighted by Crippen LogP contribution is 2.17. The monoisotopic (exact) mass is 248 g/mol. The molecule has 2 N–H and O–H groups in total. The molecule has 94 valence electrons. The minimum atomic E-state index is -0.935. The fourth-order valence-electron chi connectivity index (χ4n) is 1.80. The molecule has 1 aliphatic rings. The highest BCUT2D eigenvalue weighted by molar-refractivity contribution is 6.04. The molecule has 2 rings (SSSR count). The number of rotatable bonds is 3. The third kappa shape index (κ3) is 2.65. The number of carboxylic acids is 1. The minimum absolute atomic E-state index is 0.0258. The Balaban J connectivity index is 2.24. The van der Waals surface area contributed by atoms with Crippen LogP contribution in [0.3, 0.4) is 0 Å². The first-order valence-electron chi connectivity index (χ1n) is 5.44. The summed E-state index contributed by atoms with van der Waals surface area (Å²) in [7, 11) is 0. The van der Waals surface area contributed by atoms with Crippen LogP contribution in [0.4, 0.5) is 5.69 Å². The second-order valence-electron chi connectivity index (χ2n) is 4.00. The van der Waals surface area contributed by atoms with Gasteiger partial charge in [0.1, 0.15) is 6.54 Å². The van der Waals surface area contributed by atoms with Crippen molar-refractivity contribution < 1.29 is 19.5 Å². The lowest BCUT2D eigenvalue weighted by molar-refractivity contribution is -0.136. The summed E-state index contributed by atoms with van der Waals surface area (Å²) in [4.78, 5) is 34.9. The number of benzene rings is 1. The van der Waals surface area contributed by atoms with Crippen molar-refractivity contribution in [1.82, 2.24) is 5.32 Å². The van der Waals surface area contributed by atoms with Gasteiger partial charge in [0, 0.05) is 5.69 Å². The van der Waals surface area contributed by atoms with E-state index in [1.807, 2.05) is 0 Å². The Hall–Kier alpha value is -2.37. The molecule has 0 radical (unpaired) electrons. The molecule has 2 amide bonds. The highest BCUT2D eigenvalue weighted by atomic mass is 16.4. The number of aliphatic carboxylic acids is 1. The number of carboxylic acid groups (broad SMARTS) is 1. The van der Waals surface area contributed by atoms with Gasteiger partial charge in [-0.2, -0.15) is 0 Å². The molecule has 1 fully saturated rings. The van der Waals surface area contributed by atoms with Gasteiger partial charge in [-0.1, -0.05) is 12.1 Å². The first-order valence-corrected chi connectivity index (χ1v) is 5.44. The van der Waals surface area contributed by atoms with Crippen LogP contribution in [0, 0.1) is 0 Å². The summed E-state index contributed by atoms with van der Waals surface area (Å²) in [6, 6.07) is 6.64. The van der Waals surface area contributed by atoms with Crippen LogP contribution >= 0.6 is 0 Å². The maximum Gasteiger partial charge on any atom is 0.307 e. The van der Waals surface area contributed by atoms with Gasteiger partial charge in [0.2, 0.25) is 11.8 Å². The van der Waals surface area contributed by atoms with E-state index in [2.05, 4.69) is 5.32 Å². The molecule has 18 heavy (non-hydrogen) atoms. The van der Waals surface area contributed by atoms with E-state index < -0.39 is 5.97 Å². The molecule has 1 saturated heterocycles. The van der Waals surface area contributed by atoms with Crippen LogP contribution in [0.2, 0.25) is 0 Å². The SMILES string of the molecule is O=C(O)Cc1cccc(N2CC(=O)NCC2=O)c1. The van der Waals surface area contributed by atoms with E-state index in [0.29, 0.717) is 11.3 Å². The molecule has 6 nitrogen and oxygen atoms in total. The Labute approximate surface area is 103 Å². The maximum atomic E-state index is 11.7. The first kappa shape index (κ1) is 12.1. The topological polar surface area (TPSA) is 86.7 Å². The number of hydrogen-bond donors (Lipinski definition) is 2. The van der Waals surface area contributed by atoms with Crippen LogP contribution in [0.1, 0.15) is 5.56 Å². The largest absolute Gasteiger partial charge is 0.481 e. The Kier molecular flexibility index (Phi) is 3.27. The fraction of sp³-hybridized carbons (Fsp3) is 0.250. The molecule has 0 unspecified atom stereocenters. The summed E-state index contributed by atoms with van der Waals surface area (Å²) in [6.07, 6.45) is -0.109. The Morgan fingerprint density at radius 3 is 2.89 bits per heavy atom. The average Bonchev–Trinajstić information content (AvgIpc) is 2.32. The number of nitrogens with one attached hydrogen (secondary N) is 1. The molecule has 6 heteroatoms. The van der Waals surface area contributed by atoms with Gasteiger partial charge in [-0.3, -0.25) is 14.4 Å². The van der Waals surface area contributed by atoms with E-state index in [1.54, 1.807) is 24.3 Å². The quantitative estimate of drug-likeness (QED) is 0.774. The van der Waals surface area contributed by atoms with Crippen molar-refractivity contribution in [2.75, 3.05) is 18.0 Å². The van der Waals surface area contributed by atoms with Crippen molar-refractivity contribution in [3.63, 3.8) is 0 Å². The molecule has 0 bridgehead atoms. The van der Waals surface area contributed by atoms with Gasteiger partial charge in [0.05, 0.1) is 13.0 Å². The number of anilines is 1. The lowest BCUT2D eigenvalue weighted by atomic mass is 10.1. The van der Waals surface area contributed by atoms with Crippen LogP contribution in [0.5, 0.6) is 0 Å². The Morgan fingerprint density at radius 1 is 1.39 bits per heavy atom. The van der Waals surface area contributed by atoms with Crippen LogP contribution < -0.4 is 10.2 Å². The molecule has 0 spiro atoms. The Morgan fingerprint density at radius 2 is 2.17 bits per heavy atom. The van der Waals surface area contributed by atoms with Crippen molar-refractivity contribution in [3.8, 4) is 0 Å². The molecule has 0 aliphatic carbocycles. The summed E-state index contributed by atoms with van der Waals surface area (Å²) in [5, 5.41) is 11.2. The third-order valence-electron chi connectivity index (χ3n) is 2.62. The average molecular weight is 248 g/mol. The predicted octanol–water partition coefficient (Wildman–Crippen LogP) is -0.223. The molecular weight excluding hydrogens is 236 g/mol. The summed E-state index contributed by atoms with van der Waals surface area (Å²) in [5.74, 6) is -1.37. The highest BCUT2D eigenvalue weighted by Gasteiger charge is 2.24. The van der Waals surface area contributed by atoms with Gasteiger partial charge in [-0.25, -0.2) is 0 Å². The number of nitrogens with zero attached hydrogens (tertiary/aromatic N) is 1. The maximum absolute atomic E-state index is 11.7. The van der Waals surface area contributed by atoms with Gasteiger partial charge in [0.25, 0.3) is 0 Å². The van der Waals surface area contributed by atoms with Crippen molar-refractivity contribution in [1.29, 1.82) is 0 Å². The van der Waals surface area contributed by atoms with Crippen LogP contribution in [0.25, 0.3) is 0 Å². The van der Waals surface area contributed by atoms with E-state index in [1.165, 1.54) is 4.90 Å². The molecule has 0 atom stereocenters. The minimum Gasteiger partial charge on any atom is -0.481 e. The van der Waals surface area contributed by atoms with Crippen LogP contribution in [-0.4, -0.2) is 36.0 Å². The van der Waals surface area contributed by atoms with Gasteiger partial charge in [-0.05, 0) is 17.7 Å². The van der Waals surface area contributed by atoms with Crippen molar-refractivity contribution >= 4 is 23.5 Å². The summed E-state index contributed by atoms with van der Waals surface area (Å²) in [6.45, 7) is -0.0582. The summed E-state index contributed by atoms with van der Waals surface area (Å²) < 4.78 is 0. The van der Waals surface area contributed by atoms with Crippen molar-refractivity contribution in [2.24, 2.45) is 0 Å². The second-order valence-corrected chi connectivity index (χ2v) is 4.00. The van der Waals surface area contributed by atoms with Gasteiger partial charge >= 0.3 is 5.97 Å². The van der Waals surface area contributed by atoms with E-state index in [-0.39, 0.29) is 31.3 Å². The number of hydrogen-bond acceptors (Lipinski definition) is 3. The predicted molar refractivity (Wildman–Crippen MR) is 63.1 cm³/mol. The smallest absolute Gasteiger partial charge is 0.307 e. The molecule has 1 aromatic rings. The standard InChI is InChI=1S/C12H12N2O4/c15-10-7-14(11(16)6-13-10)9-3-1-2-8(4-9)5-12(17)18/h1-4H,5-7H2,(H,13,15)(H,17,18). The zero-order chi connectivity index (χ0) is 13.1. The number of carbonyl (C=O) groups excluding carboxylic acids is 2. The summed E-state index contributed by atoms with van der Waals surface area (Å²) >= 11 is 0. The molecule has 0 saturated carbocycles. The van der Waals surface area contributed by atoms with Crippen LogP contribution in [-0.2, 0) is 20.8 Å². The van der Waals surface area contributed by atoms with E-state index in [9.17, 15) is 14.4 Å². The third-order valence-corrected chi connectivity index (χ3v) is 2.62.